The zero-order valence-corrected chi connectivity index (χ0v) is 15.8. The zero-order valence-electron chi connectivity index (χ0n) is 14.7. The third-order valence-electron chi connectivity index (χ3n) is 4.04. The van der Waals surface area contributed by atoms with Gasteiger partial charge in [-0.05, 0) is 13.0 Å². The van der Waals surface area contributed by atoms with Crippen molar-refractivity contribution in [1.82, 2.24) is 9.78 Å². The van der Waals surface area contributed by atoms with Gasteiger partial charge in [0.25, 0.3) is 0 Å². The summed E-state index contributed by atoms with van der Waals surface area (Å²) >= 11 is 0. The van der Waals surface area contributed by atoms with Crippen LogP contribution in [0.25, 0.3) is 5.69 Å². The normalized spacial score (nSPS) is 11.3. The van der Waals surface area contributed by atoms with E-state index in [0.29, 0.717) is 6.07 Å². The molecule has 1 radical (unpaired) electrons. The molecule has 2 aromatic carbocycles. The minimum absolute atomic E-state index is 0. The van der Waals surface area contributed by atoms with Crippen molar-refractivity contribution < 1.29 is 57.7 Å². The predicted molar refractivity (Wildman–Crippen MR) is 84.7 cm³/mol. The van der Waals surface area contributed by atoms with Crippen LogP contribution in [0.5, 0.6) is 5.88 Å². The number of hydrogen-bond acceptors (Lipinski definition) is 3. The number of ketones is 1. The summed E-state index contributed by atoms with van der Waals surface area (Å²) in [6.07, 6.45) is -4.91. The molecule has 0 bridgehead atoms. The first kappa shape index (κ1) is 23.4. The van der Waals surface area contributed by atoms with Gasteiger partial charge in [0, 0.05) is 28.7 Å². The molecular formula is C18H9F7MnN2O2. The topological polar surface area (TPSA) is 55.1 Å². The number of alkyl halides is 3. The Balaban J connectivity index is 0.00000320. The molecule has 3 rings (SSSR count). The maximum Gasteiger partial charge on any atom is 0.417 e. The van der Waals surface area contributed by atoms with Gasteiger partial charge in [-0.15, -0.1) is 0 Å². The van der Waals surface area contributed by atoms with Crippen molar-refractivity contribution in [3.05, 3.63) is 76.0 Å². The van der Waals surface area contributed by atoms with Gasteiger partial charge in [-0.1, -0.05) is 18.2 Å². The summed E-state index contributed by atoms with van der Waals surface area (Å²) in [5.41, 5.74) is -4.88. The molecule has 3 aromatic rings. The van der Waals surface area contributed by atoms with Gasteiger partial charge < -0.3 is 5.11 Å². The number of halogens is 7. The van der Waals surface area contributed by atoms with Crippen molar-refractivity contribution in [3.63, 3.8) is 0 Å². The summed E-state index contributed by atoms with van der Waals surface area (Å²) in [5.74, 6) is -10.1. The number of carbonyl (C=O) groups is 1. The number of hydrogen-bond donors (Lipinski definition) is 1. The van der Waals surface area contributed by atoms with Crippen LogP contribution in [0.2, 0.25) is 0 Å². The van der Waals surface area contributed by atoms with Gasteiger partial charge in [-0.25, -0.2) is 17.6 Å². The summed E-state index contributed by atoms with van der Waals surface area (Å²) in [4.78, 5) is 12.7. The number of carbonyl (C=O) groups excluding carboxylic acids is 1. The zero-order chi connectivity index (χ0) is 21.7. The molecule has 0 fully saturated rings. The summed E-state index contributed by atoms with van der Waals surface area (Å²) in [7, 11) is 0. The molecule has 0 spiro atoms. The van der Waals surface area contributed by atoms with Crippen molar-refractivity contribution in [2.75, 3.05) is 0 Å². The SMILES string of the molecule is Cc1nn(-c2c(F)c(F)cc(F)c2F)c(O)c1C(=O)c1ccccc1C(F)(F)F.[Mn]. The molecular weight excluding hydrogens is 464 g/mol. The Hall–Kier alpha value is -2.85. The van der Waals surface area contributed by atoms with Crippen LogP contribution in [0.1, 0.15) is 27.2 Å². The van der Waals surface area contributed by atoms with Crippen molar-refractivity contribution in [2.24, 2.45) is 0 Å². The molecule has 1 heterocycles. The fourth-order valence-electron chi connectivity index (χ4n) is 2.75. The van der Waals surface area contributed by atoms with Crippen LogP contribution < -0.4 is 0 Å². The molecule has 30 heavy (non-hydrogen) atoms. The summed E-state index contributed by atoms with van der Waals surface area (Å²) in [6, 6.07) is 3.57. The van der Waals surface area contributed by atoms with E-state index in [1.165, 1.54) is 0 Å². The molecule has 0 saturated carbocycles. The fourth-order valence-corrected chi connectivity index (χ4v) is 2.75. The Morgan fingerprint density at radius 1 is 1.03 bits per heavy atom. The van der Waals surface area contributed by atoms with Crippen LogP contribution in [0.15, 0.2) is 30.3 Å². The van der Waals surface area contributed by atoms with E-state index in [1.54, 1.807) is 0 Å². The van der Waals surface area contributed by atoms with Crippen LogP contribution in [0.4, 0.5) is 30.7 Å². The molecule has 0 aliphatic rings. The number of rotatable bonds is 3. The van der Waals surface area contributed by atoms with E-state index in [0.717, 1.165) is 25.1 Å². The first-order valence-corrected chi connectivity index (χ1v) is 7.78. The van der Waals surface area contributed by atoms with Crippen molar-refractivity contribution in [3.8, 4) is 11.6 Å². The Bertz CT molecular complexity index is 1120. The first-order valence-electron chi connectivity index (χ1n) is 7.78. The molecule has 0 unspecified atom stereocenters. The van der Waals surface area contributed by atoms with Crippen LogP contribution in [0, 0.1) is 30.2 Å². The van der Waals surface area contributed by atoms with Crippen LogP contribution in [-0.2, 0) is 23.2 Å². The van der Waals surface area contributed by atoms with Gasteiger partial charge in [-0.2, -0.15) is 23.0 Å². The van der Waals surface area contributed by atoms with Gasteiger partial charge in [0.05, 0.1) is 11.3 Å². The number of aryl methyl sites for hydroxylation is 1. The monoisotopic (exact) mass is 473 g/mol. The maximum absolute atomic E-state index is 14.0. The molecule has 0 aliphatic heterocycles. The van der Waals surface area contributed by atoms with Crippen LogP contribution in [-0.4, -0.2) is 20.7 Å². The van der Waals surface area contributed by atoms with Crippen LogP contribution >= 0.6 is 0 Å². The minimum atomic E-state index is -4.91. The number of aromatic nitrogens is 2. The largest absolute Gasteiger partial charge is 0.493 e. The quantitative estimate of drug-likeness (QED) is 0.260. The van der Waals surface area contributed by atoms with E-state index < -0.39 is 69.2 Å². The van der Waals surface area contributed by atoms with E-state index in [-0.39, 0.29) is 27.8 Å². The van der Waals surface area contributed by atoms with Crippen molar-refractivity contribution >= 4 is 5.78 Å². The van der Waals surface area contributed by atoms with Gasteiger partial charge >= 0.3 is 6.18 Å². The van der Waals surface area contributed by atoms with Crippen molar-refractivity contribution in [1.29, 1.82) is 0 Å². The van der Waals surface area contributed by atoms with Crippen molar-refractivity contribution in [2.45, 2.75) is 13.1 Å². The molecule has 0 aliphatic carbocycles. The van der Waals surface area contributed by atoms with E-state index in [1.807, 2.05) is 0 Å². The first-order chi connectivity index (χ1) is 13.4. The average Bonchev–Trinajstić information content (AvgIpc) is 2.93. The second-order valence-electron chi connectivity index (χ2n) is 5.89. The standard InChI is InChI=1S/C18H9F7N2O2.Mn/c1-7-12(16(28)8-4-2-3-5-9(8)18(23,24)25)17(29)27(26-7)15-13(21)10(19)6-11(20)14(15)22;/h2-6,29H,1H3;. The Labute approximate surface area is 174 Å². The van der Waals surface area contributed by atoms with Gasteiger partial charge in [0.15, 0.2) is 23.3 Å². The van der Waals surface area contributed by atoms with E-state index in [9.17, 15) is 40.6 Å². The number of benzene rings is 2. The molecule has 0 amide bonds. The molecule has 0 saturated heterocycles. The van der Waals surface area contributed by atoms with E-state index >= 15 is 0 Å². The predicted octanol–water partition coefficient (Wildman–Crippen LogP) is 4.69. The Morgan fingerprint density at radius 3 is 2.10 bits per heavy atom. The smallest absolute Gasteiger partial charge is 0.417 e. The minimum Gasteiger partial charge on any atom is -0.493 e. The molecule has 4 nitrogen and oxygen atoms in total. The van der Waals surface area contributed by atoms with E-state index in [2.05, 4.69) is 5.10 Å². The molecule has 1 aromatic heterocycles. The summed E-state index contributed by atoms with van der Waals surface area (Å²) < 4.78 is 94.5. The van der Waals surface area contributed by atoms with E-state index in [4.69, 9.17) is 0 Å². The number of aromatic hydroxyl groups is 1. The van der Waals surface area contributed by atoms with Crippen LogP contribution in [0.3, 0.4) is 0 Å². The second-order valence-corrected chi connectivity index (χ2v) is 5.89. The number of nitrogens with zero attached hydrogens (tertiary/aromatic N) is 2. The maximum atomic E-state index is 14.0. The Kier molecular flexibility index (Phi) is 6.34. The summed E-state index contributed by atoms with van der Waals surface area (Å²) in [6.45, 7) is 1.06. The molecule has 12 heteroatoms. The third kappa shape index (κ3) is 3.80. The second kappa shape index (κ2) is 8.11. The van der Waals surface area contributed by atoms with Gasteiger partial charge in [0.2, 0.25) is 11.7 Å². The average molecular weight is 473 g/mol. The van der Waals surface area contributed by atoms with Gasteiger partial charge in [-0.3, -0.25) is 4.79 Å². The molecule has 159 valence electrons. The summed E-state index contributed by atoms with van der Waals surface area (Å²) in [5, 5.41) is 13.7. The molecule has 1 N–H and O–H groups in total. The van der Waals surface area contributed by atoms with Gasteiger partial charge in [0.1, 0.15) is 11.3 Å². The molecule has 0 atom stereocenters. The Morgan fingerprint density at radius 2 is 1.57 bits per heavy atom. The fraction of sp³-hybridized carbons (Fsp3) is 0.111. The third-order valence-corrected chi connectivity index (χ3v) is 4.04.